The highest BCUT2D eigenvalue weighted by Crippen LogP contribution is 2.06. The van der Waals surface area contributed by atoms with Crippen LogP contribution in [0.1, 0.15) is 20.3 Å². The largest absolute Gasteiger partial charge is 0.315 e. The highest BCUT2D eigenvalue weighted by atomic mass is 32.2. The van der Waals surface area contributed by atoms with Crippen LogP contribution in [-0.4, -0.2) is 28.8 Å². The lowest BCUT2D eigenvalue weighted by molar-refractivity contribution is 0.412. The average Bonchev–Trinajstić information content (AvgIpc) is 1.85. The first-order chi connectivity index (χ1) is 4.48. The van der Waals surface area contributed by atoms with Crippen LogP contribution in [-0.2, 0) is 10.8 Å². The molecule has 0 aliphatic carbocycles. The molecule has 0 fully saturated rings. The first kappa shape index (κ1) is 10.1. The van der Waals surface area contributed by atoms with Crippen molar-refractivity contribution in [2.24, 2.45) is 0 Å². The molecule has 0 saturated carbocycles. The van der Waals surface area contributed by atoms with E-state index in [1.54, 1.807) is 6.26 Å². The van der Waals surface area contributed by atoms with Gasteiger partial charge in [0.15, 0.2) is 0 Å². The van der Waals surface area contributed by atoms with E-state index >= 15 is 0 Å². The van der Waals surface area contributed by atoms with Crippen LogP contribution in [0.25, 0.3) is 0 Å². The Morgan fingerprint density at radius 2 is 2.00 bits per heavy atom. The molecule has 1 unspecified atom stereocenters. The molecule has 0 aromatic carbocycles. The molecule has 0 bridgehead atoms. The van der Waals surface area contributed by atoms with Crippen molar-refractivity contribution in [3.8, 4) is 0 Å². The molecule has 10 heavy (non-hydrogen) atoms. The van der Waals surface area contributed by atoms with Gasteiger partial charge in [0.05, 0.1) is 0 Å². The minimum absolute atomic E-state index is 0.131. The number of rotatable bonds is 4. The Morgan fingerprint density at radius 3 is 2.30 bits per heavy atom. The van der Waals surface area contributed by atoms with E-state index in [1.807, 2.05) is 7.05 Å². The predicted octanol–water partition coefficient (Wildman–Crippen LogP) is 0.753. The van der Waals surface area contributed by atoms with Crippen molar-refractivity contribution < 1.29 is 4.21 Å². The normalized spacial score (nSPS) is 15.2. The fourth-order valence-corrected chi connectivity index (χ4v) is 1.32. The van der Waals surface area contributed by atoms with Crippen LogP contribution < -0.4 is 5.32 Å². The van der Waals surface area contributed by atoms with E-state index in [4.69, 9.17) is 0 Å². The zero-order valence-corrected chi connectivity index (χ0v) is 8.05. The molecular weight excluding hydrogens is 146 g/mol. The van der Waals surface area contributed by atoms with Gasteiger partial charge in [0, 0.05) is 28.3 Å². The molecule has 0 aliphatic rings. The Kier molecular flexibility index (Phi) is 4.13. The van der Waals surface area contributed by atoms with E-state index in [1.165, 1.54) is 0 Å². The van der Waals surface area contributed by atoms with E-state index in [0.29, 0.717) is 0 Å². The molecule has 1 N–H and O–H groups in total. The summed E-state index contributed by atoms with van der Waals surface area (Å²) in [7, 11) is 1.28. The summed E-state index contributed by atoms with van der Waals surface area (Å²) in [5, 5.41) is 3.16. The summed E-state index contributed by atoms with van der Waals surface area (Å²) in [5.74, 6) is 0.786. The molecule has 62 valence electrons. The zero-order valence-electron chi connectivity index (χ0n) is 7.23. The standard InChI is InChI=1S/C7H17NOS/c1-7(2,8-3)5-6-10(4)9/h8H,5-6H2,1-4H3. The molecule has 0 amide bonds. The second-order valence-electron chi connectivity index (χ2n) is 3.16. The van der Waals surface area contributed by atoms with Gasteiger partial charge in [-0.2, -0.15) is 0 Å². The number of hydrogen-bond donors (Lipinski definition) is 1. The van der Waals surface area contributed by atoms with E-state index in [2.05, 4.69) is 19.2 Å². The van der Waals surface area contributed by atoms with Gasteiger partial charge in [-0.05, 0) is 27.3 Å². The van der Waals surface area contributed by atoms with Gasteiger partial charge >= 0.3 is 0 Å². The van der Waals surface area contributed by atoms with Gasteiger partial charge in [0.25, 0.3) is 0 Å². The third-order valence-corrected chi connectivity index (χ3v) is 2.47. The zero-order chi connectivity index (χ0) is 8.20. The van der Waals surface area contributed by atoms with Crippen LogP contribution in [0, 0.1) is 0 Å². The number of nitrogens with one attached hydrogen (secondary N) is 1. The minimum Gasteiger partial charge on any atom is -0.315 e. The smallest absolute Gasteiger partial charge is 0.0249 e. The maximum absolute atomic E-state index is 10.7. The highest BCUT2D eigenvalue weighted by molar-refractivity contribution is 7.84. The minimum atomic E-state index is -0.654. The molecule has 1 atom stereocenters. The van der Waals surface area contributed by atoms with Crippen molar-refractivity contribution in [3.05, 3.63) is 0 Å². The second kappa shape index (κ2) is 4.09. The van der Waals surface area contributed by atoms with Gasteiger partial charge in [0.2, 0.25) is 0 Å². The Morgan fingerprint density at radius 1 is 1.50 bits per heavy atom. The van der Waals surface area contributed by atoms with Gasteiger partial charge in [-0.3, -0.25) is 4.21 Å². The molecule has 0 aromatic rings. The third-order valence-electron chi connectivity index (χ3n) is 1.69. The molecule has 0 saturated heterocycles. The molecular formula is C7H17NOS. The fourth-order valence-electron chi connectivity index (χ4n) is 0.524. The summed E-state index contributed by atoms with van der Waals surface area (Å²) < 4.78 is 10.7. The lowest BCUT2D eigenvalue weighted by Gasteiger charge is -2.22. The lowest BCUT2D eigenvalue weighted by Crippen LogP contribution is -2.37. The van der Waals surface area contributed by atoms with E-state index in [9.17, 15) is 4.21 Å². The van der Waals surface area contributed by atoms with Gasteiger partial charge in [-0.15, -0.1) is 0 Å². The molecule has 0 spiro atoms. The highest BCUT2D eigenvalue weighted by Gasteiger charge is 2.13. The maximum atomic E-state index is 10.7. The van der Waals surface area contributed by atoms with Crippen molar-refractivity contribution >= 4 is 10.8 Å². The van der Waals surface area contributed by atoms with Crippen LogP contribution in [0.4, 0.5) is 0 Å². The van der Waals surface area contributed by atoms with E-state index in [0.717, 1.165) is 12.2 Å². The lowest BCUT2D eigenvalue weighted by atomic mass is 10.0. The molecule has 0 heterocycles. The van der Waals surface area contributed by atoms with Crippen molar-refractivity contribution in [1.82, 2.24) is 5.32 Å². The van der Waals surface area contributed by atoms with Gasteiger partial charge in [-0.1, -0.05) is 0 Å². The molecule has 3 heteroatoms. The van der Waals surface area contributed by atoms with Crippen molar-refractivity contribution in [1.29, 1.82) is 0 Å². The molecule has 0 radical (unpaired) electrons. The van der Waals surface area contributed by atoms with Crippen LogP contribution in [0.2, 0.25) is 0 Å². The van der Waals surface area contributed by atoms with Crippen molar-refractivity contribution in [3.63, 3.8) is 0 Å². The molecule has 0 aliphatic heterocycles. The summed E-state index contributed by atoms with van der Waals surface area (Å²) in [4.78, 5) is 0. The molecule has 0 aromatic heterocycles. The monoisotopic (exact) mass is 163 g/mol. The average molecular weight is 163 g/mol. The second-order valence-corrected chi connectivity index (χ2v) is 4.72. The van der Waals surface area contributed by atoms with Gasteiger partial charge < -0.3 is 5.32 Å². The van der Waals surface area contributed by atoms with Crippen LogP contribution in [0.5, 0.6) is 0 Å². The van der Waals surface area contributed by atoms with Crippen LogP contribution in [0.3, 0.4) is 0 Å². The summed E-state index contributed by atoms with van der Waals surface area (Å²) in [6, 6.07) is 0. The topological polar surface area (TPSA) is 29.1 Å². The van der Waals surface area contributed by atoms with Crippen LogP contribution in [0.15, 0.2) is 0 Å². The van der Waals surface area contributed by atoms with E-state index < -0.39 is 10.8 Å². The predicted molar refractivity (Wildman–Crippen MR) is 46.7 cm³/mol. The molecule has 2 nitrogen and oxygen atoms in total. The maximum Gasteiger partial charge on any atom is 0.0249 e. The van der Waals surface area contributed by atoms with Crippen LogP contribution >= 0.6 is 0 Å². The van der Waals surface area contributed by atoms with Crippen molar-refractivity contribution in [2.45, 2.75) is 25.8 Å². The Hall–Kier alpha value is 0.110. The Balaban J connectivity index is 3.56. The Bertz CT molecular complexity index is 123. The van der Waals surface area contributed by atoms with Crippen molar-refractivity contribution in [2.75, 3.05) is 19.1 Å². The number of hydrogen-bond acceptors (Lipinski definition) is 2. The SMILES string of the molecule is CNC(C)(C)CCS(C)=O. The first-order valence-electron chi connectivity index (χ1n) is 3.47. The Labute approximate surface area is 65.9 Å². The summed E-state index contributed by atoms with van der Waals surface area (Å²) >= 11 is 0. The third kappa shape index (κ3) is 4.94. The first-order valence-corrected chi connectivity index (χ1v) is 5.19. The fraction of sp³-hybridized carbons (Fsp3) is 1.00. The summed E-state index contributed by atoms with van der Waals surface area (Å²) in [6.45, 7) is 4.22. The summed E-state index contributed by atoms with van der Waals surface area (Å²) in [5.41, 5.74) is 0.131. The van der Waals surface area contributed by atoms with E-state index in [-0.39, 0.29) is 5.54 Å². The van der Waals surface area contributed by atoms with Gasteiger partial charge in [-0.25, -0.2) is 0 Å². The van der Waals surface area contributed by atoms with Gasteiger partial charge in [0.1, 0.15) is 0 Å². The summed E-state index contributed by atoms with van der Waals surface area (Å²) in [6.07, 6.45) is 2.71. The molecule has 0 rings (SSSR count). The quantitative estimate of drug-likeness (QED) is 0.663.